The molecule has 126 valence electrons. The van der Waals surface area contributed by atoms with Gasteiger partial charge in [0, 0.05) is 16.5 Å². The number of rotatable bonds is 2. The van der Waals surface area contributed by atoms with Crippen molar-refractivity contribution in [2.24, 2.45) is 0 Å². The maximum Gasteiger partial charge on any atom is 0.417 e. The highest BCUT2D eigenvalue weighted by Crippen LogP contribution is 2.30. The van der Waals surface area contributed by atoms with Gasteiger partial charge in [-0.1, -0.05) is 29.8 Å². The number of aryl methyl sites for hydroxylation is 2. The van der Waals surface area contributed by atoms with Gasteiger partial charge in [0.2, 0.25) is 5.88 Å². The van der Waals surface area contributed by atoms with Crippen LogP contribution in [0.25, 0.3) is 10.9 Å². The van der Waals surface area contributed by atoms with E-state index in [1.54, 1.807) is 18.2 Å². The number of aromatic nitrogens is 1. The van der Waals surface area contributed by atoms with Crippen LogP contribution >= 0.6 is 0 Å². The summed E-state index contributed by atoms with van der Waals surface area (Å²) in [4.78, 5) is 18.3. The molecule has 0 atom stereocenters. The Labute approximate surface area is 144 Å². The number of ether oxygens (including phenoxy) is 1. The fourth-order valence-electron chi connectivity index (χ4n) is 3.25. The van der Waals surface area contributed by atoms with Gasteiger partial charge in [-0.2, -0.15) is 0 Å². The molecule has 0 radical (unpaired) electrons. The zero-order valence-corrected chi connectivity index (χ0v) is 14.0. The first-order chi connectivity index (χ1) is 12.0. The molecular formula is C20H17FN2O2. The van der Waals surface area contributed by atoms with E-state index in [4.69, 9.17) is 4.74 Å². The lowest BCUT2D eigenvalue weighted by molar-refractivity contribution is 0.132. The van der Waals surface area contributed by atoms with Crippen molar-refractivity contribution in [3.63, 3.8) is 0 Å². The van der Waals surface area contributed by atoms with Crippen LogP contribution in [0.1, 0.15) is 22.3 Å². The molecule has 0 aliphatic carbocycles. The number of carbonyl (C=O) groups is 1. The Hall–Kier alpha value is -2.95. The second-order valence-corrected chi connectivity index (χ2v) is 6.42. The number of hydrogen-bond donors (Lipinski definition) is 0. The molecule has 0 fully saturated rings. The number of amides is 1. The minimum absolute atomic E-state index is 0.163. The summed E-state index contributed by atoms with van der Waals surface area (Å²) in [7, 11) is 0. The van der Waals surface area contributed by atoms with Crippen molar-refractivity contribution in [2.75, 3.05) is 0 Å². The van der Waals surface area contributed by atoms with Crippen LogP contribution < -0.4 is 4.74 Å². The first kappa shape index (κ1) is 15.6. The first-order valence-corrected chi connectivity index (χ1v) is 8.12. The summed E-state index contributed by atoms with van der Waals surface area (Å²) in [5.41, 5.74) is 4.32. The topological polar surface area (TPSA) is 42.4 Å². The SMILES string of the molecule is Cc1cc(C)c2nc3c(cc2c1)CN(Cc1ccccc1F)C(=O)O3. The van der Waals surface area contributed by atoms with Gasteiger partial charge in [-0.05, 0) is 37.6 Å². The Morgan fingerprint density at radius 1 is 1.20 bits per heavy atom. The average molecular weight is 336 g/mol. The molecule has 0 spiro atoms. The van der Waals surface area contributed by atoms with Crippen LogP contribution in [0.2, 0.25) is 0 Å². The highest BCUT2D eigenvalue weighted by molar-refractivity contribution is 5.85. The minimum atomic E-state index is -0.507. The maximum absolute atomic E-state index is 13.9. The standard InChI is InChI=1S/C20H17FN2O2/c1-12-7-13(2)18-15(8-12)9-16-11-23(20(24)25-19(16)22-18)10-14-5-3-4-6-17(14)21/h3-9H,10-11H2,1-2H3. The number of fused-ring (bicyclic) bond motifs is 2. The van der Waals surface area contributed by atoms with E-state index in [1.165, 1.54) is 11.0 Å². The third kappa shape index (κ3) is 2.82. The van der Waals surface area contributed by atoms with Crippen LogP contribution in [-0.2, 0) is 13.1 Å². The summed E-state index contributed by atoms with van der Waals surface area (Å²) in [6.45, 7) is 4.54. The molecule has 1 amide bonds. The molecule has 1 aliphatic rings. The van der Waals surface area contributed by atoms with E-state index in [0.29, 0.717) is 18.0 Å². The van der Waals surface area contributed by atoms with Gasteiger partial charge >= 0.3 is 6.09 Å². The predicted molar refractivity (Wildman–Crippen MR) is 92.9 cm³/mol. The Balaban J connectivity index is 1.71. The summed E-state index contributed by atoms with van der Waals surface area (Å²) in [5, 5.41) is 1.01. The van der Waals surface area contributed by atoms with Gasteiger partial charge in [0.25, 0.3) is 0 Å². The van der Waals surface area contributed by atoms with Gasteiger partial charge in [-0.25, -0.2) is 14.2 Å². The highest BCUT2D eigenvalue weighted by atomic mass is 19.1. The first-order valence-electron chi connectivity index (χ1n) is 8.12. The van der Waals surface area contributed by atoms with Crippen LogP contribution in [0.4, 0.5) is 9.18 Å². The molecule has 0 unspecified atom stereocenters. The van der Waals surface area contributed by atoms with Crippen molar-refractivity contribution in [3.8, 4) is 5.88 Å². The molecule has 3 aromatic rings. The molecule has 0 N–H and O–H groups in total. The molecule has 0 saturated heterocycles. The van der Waals surface area contributed by atoms with Crippen molar-refractivity contribution in [2.45, 2.75) is 26.9 Å². The predicted octanol–water partition coefficient (Wildman–Crippen LogP) is 4.51. The van der Waals surface area contributed by atoms with Crippen molar-refractivity contribution >= 4 is 17.0 Å². The second kappa shape index (κ2) is 5.84. The normalized spacial score (nSPS) is 13.7. The molecule has 4 nitrogen and oxygen atoms in total. The van der Waals surface area contributed by atoms with Crippen LogP contribution in [0.15, 0.2) is 42.5 Å². The molecule has 25 heavy (non-hydrogen) atoms. The lowest BCUT2D eigenvalue weighted by atomic mass is 10.0. The second-order valence-electron chi connectivity index (χ2n) is 6.42. The molecule has 2 heterocycles. The maximum atomic E-state index is 13.9. The van der Waals surface area contributed by atoms with Crippen LogP contribution in [-0.4, -0.2) is 16.0 Å². The number of pyridine rings is 1. The zero-order valence-electron chi connectivity index (χ0n) is 14.0. The van der Waals surface area contributed by atoms with Crippen LogP contribution in [0.3, 0.4) is 0 Å². The van der Waals surface area contributed by atoms with E-state index in [1.807, 2.05) is 19.9 Å². The zero-order chi connectivity index (χ0) is 17.6. The van der Waals surface area contributed by atoms with Crippen LogP contribution in [0.5, 0.6) is 5.88 Å². The fraction of sp³-hybridized carbons (Fsp3) is 0.200. The number of carbonyl (C=O) groups excluding carboxylic acids is 1. The van der Waals surface area contributed by atoms with E-state index >= 15 is 0 Å². The van der Waals surface area contributed by atoms with Gasteiger partial charge < -0.3 is 4.74 Å². The molecular weight excluding hydrogens is 319 g/mol. The smallest absolute Gasteiger partial charge is 0.391 e. The van der Waals surface area contributed by atoms with Crippen LogP contribution in [0, 0.1) is 19.7 Å². The third-order valence-electron chi connectivity index (χ3n) is 4.41. The van der Waals surface area contributed by atoms with Gasteiger partial charge in [0.15, 0.2) is 0 Å². The summed E-state index contributed by atoms with van der Waals surface area (Å²) >= 11 is 0. The van der Waals surface area contributed by atoms with Crippen molar-refractivity contribution in [1.82, 2.24) is 9.88 Å². The average Bonchev–Trinajstić information content (AvgIpc) is 2.56. The minimum Gasteiger partial charge on any atom is -0.391 e. The highest BCUT2D eigenvalue weighted by Gasteiger charge is 2.27. The molecule has 4 rings (SSSR count). The van der Waals surface area contributed by atoms with E-state index in [2.05, 4.69) is 17.1 Å². The van der Waals surface area contributed by atoms with Gasteiger partial charge in [-0.15, -0.1) is 0 Å². The number of hydrogen-bond acceptors (Lipinski definition) is 3. The number of halogens is 1. The van der Waals surface area contributed by atoms with Gasteiger partial charge in [0.1, 0.15) is 5.82 Å². The van der Waals surface area contributed by atoms with Crippen molar-refractivity contribution < 1.29 is 13.9 Å². The van der Waals surface area contributed by atoms with E-state index < -0.39 is 6.09 Å². The lowest BCUT2D eigenvalue weighted by Crippen LogP contribution is -2.37. The summed E-state index contributed by atoms with van der Waals surface area (Å²) in [6, 6.07) is 12.6. The number of nitrogens with zero attached hydrogens (tertiary/aromatic N) is 2. The molecule has 1 aliphatic heterocycles. The Bertz CT molecular complexity index is 1000. The molecule has 2 aromatic carbocycles. The van der Waals surface area contributed by atoms with E-state index in [0.717, 1.165) is 27.6 Å². The van der Waals surface area contributed by atoms with Gasteiger partial charge in [-0.3, -0.25) is 4.90 Å². The summed E-state index contributed by atoms with van der Waals surface area (Å²) < 4.78 is 19.3. The van der Waals surface area contributed by atoms with Crippen molar-refractivity contribution in [1.29, 1.82) is 0 Å². The monoisotopic (exact) mass is 336 g/mol. The Morgan fingerprint density at radius 2 is 2.00 bits per heavy atom. The van der Waals surface area contributed by atoms with E-state index in [9.17, 15) is 9.18 Å². The lowest BCUT2D eigenvalue weighted by Gasteiger charge is -2.27. The van der Waals surface area contributed by atoms with E-state index in [-0.39, 0.29) is 12.4 Å². The summed E-state index contributed by atoms with van der Waals surface area (Å²) in [5.74, 6) is 0.0122. The Kier molecular flexibility index (Phi) is 3.64. The van der Waals surface area contributed by atoms with Gasteiger partial charge in [0.05, 0.1) is 18.6 Å². The molecule has 5 heteroatoms. The molecule has 0 saturated carbocycles. The summed E-state index contributed by atoms with van der Waals surface area (Å²) in [6.07, 6.45) is -0.507. The van der Waals surface area contributed by atoms with Crippen molar-refractivity contribution in [3.05, 3.63) is 70.5 Å². The molecule has 0 bridgehead atoms. The largest absolute Gasteiger partial charge is 0.417 e. The fourth-order valence-corrected chi connectivity index (χ4v) is 3.25. The Morgan fingerprint density at radius 3 is 2.80 bits per heavy atom. The quantitative estimate of drug-likeness (QED) is 0.692. The third-order valence-corrected chi connectivity index (χ3v) is 4.41. The number of benzene rings is 2. The molecule has 1 aromatic heterocycles.